The molecule has 0 aliphatic carbocycles. The molecule has 11 heteroatoms. The van der Waals surface area contributed by atoms with Gasteiger partial charge in [0.05, 0.1) is 34.9 Å². The zero-order chi connectivity index (χ0) is 24.3. The van der Waals surface area contributed by atoms with Crippen molar-refractivity contribution < 1.29 is 27.5 Å². The molecule has 1 aromatic heterocycles. The number of carbonyl (C=O) groups is 2. The minimum Gasteiger partial charge on any atom is -0.452 e. The van der Waals surface area contributed by atoms with Gasteiger partial charge in [0, 0.05) is 11.6 Å². The number of esters is 1. The molecule has 3 aromatic rings. The van der Waals surface area contributed by atoms with Crippen LogP contribution in [0.5, 0.6) is 0 Å². The first-order valence-electron chi connectivity index (χ1n) is 9.79. The highest BCUT2D eigenvalue weighted by atomic mass is 35.5. The van der Waals surface area contributed by atoms with E-state index in [4.69, 9.17) is 16.3 Å². The van der Waals surface area contributed by atoms with Gasteiger partial charge in [-0.05, 0) is 43.7 Å². The fourth-order valence-corrected chi connectivity index (χ4v) is 3.28. The maximum atomic E-state index is 13.2. The maximum absolute atomic E-state index is 13.2. The Morgan fingerprint density at radius 3 is 2.67 bits per heavy atom. The summed E-state index contributed by atoms with van der Waals surface area (Å²) in [6, 6.07) is 8.07. The molecule has 0 radical (unpaired) electrons. The first-order chi connectivity index (χ1) is 15.5. The lowest BCUT2D eigenvalue weighted by Gasteiger charge is -2.17. The molecule has 0 fully saturated rings. The van der Waals surface area contributed by atoms with Crippen LogP contribution in [-0.2, 0) is 27.0 Å². The van der Waals surface area contributed by atoms with E-state index in [1.54, 1.807) is 12.1 Å². The van der Waals surface area contributed by atoms with Gasteiger partial charge in [-0.15, -0.1) is 0 Å². The number of amides is 1. The van der Waals surface area contributed by atoms with Crippen LogP contribution in [0.4, 0.5) is 18.9 Å². The maximum Gasteiger partial charge on any atom is 0.418 e. The lowest BCUT2D eigenvalue weighted by atomic mass is 10.1. The molecule has 2 aromatic carbocycles. The van der Waals surface area contributed by atoms with Crippen LogP contribution in [0.2, 0.25) is 5.02 Å². The highest BCUT2D eigenvalue weighted by Crippen LogP contribution is 2.36. The number of aromatic nitrogens is 2. The van der Waals surface area contributed by atoms with Crippen molar-refractivity contribution >= 4 is 40.1 Å². The molecule has 1 amide bonds. The van der Waals surface area contributed by atoms with Gasteiger partial charge in [0.2, 0.25) is 0 Å². The van der Waals surface area contributed by atoms with E-state index in [0.29, 0.717) is 17.0 Å². The second kappa shape index (κ2) is 9.62. The fourth-order valence-electron chi connectivity index (χ4n) is 3.11. The van der Waals surface area contributed by atoms with E-state index in [0.717, 1.165) is 11.6 Å². The molecule has 1 unspecified atom stereocenters. The van der Waals surface area contributed by atoms with E-state index >= 15 is 0 Å². The summed E-state index contributed by atoms with van der Waals surface area (Å²) in [5.41, 5.74) is -0.564. The minimum absolute atomic E-state index is 0.0434. The molecule has 33 heavy (non-hydrogen) atoms. The van der Waals surface area contributed by atoms with Gasteiger partial charge in [-0.3, -0.25) is 19.0 Å². The number of benzene rings is 2. The van der Waals surface area contributed by atoms with Gasteiger partial charge in [-0.25, -0.2) is 4.98 Å². The molecule has 3 rings (SSSR count). The van der Waals surface area contributed by atoms with E-state index in [2.05, 4.69) is 10.3 Å². The third kappa shape index (κ3) is 5.70. The molecule has 0 bridgehead atoms. The Labute approximate surface area is 191 Å². The molecule has 0 spiro atoms. The van der Waals surface area contributed by atoms with E-state index in [9.17, 15) is 27.6 Å². The van der Waals surface area contributed by atoms with Crippen molar-refractivity contribution in [3.05, 3.63) is 69.2 Å². The van der Waals surface area contributed by atoms with Crippen LogP contribution < -0.4 is 10.9 Å². The number of carbonyl (C=O) groups excluding carboxylic acids is 2. The fraction of sp³-hybridized carbons (Fsp3) is 0.273. The van der Waals surface area contributed by atoms with Gasteiger partial charge < -0.3 is 10.1 Å². The van der Waals surface area contributed by atoms with Crippen molar-refractivity contribution in [2.45, 2.75) is 39.1 Å². The Balaban J connectivity index is 1.62. The van der Waals surface area contributed by atoms with E-state index < -0.39 is 35.4 Å². The summed E-state index contributed by atoms with van der Waals surface area (Å²) in [5, 5.41) is 2.36. The second-order valence-electron chi connectivity index (χ2n) is 7.27. The molecule has 0 saturated heterocycles. The van der Waals surface area contributed by atoms with Crippen LogP contribution in [0, 0.1) is 6.92 Å². The van der Waals surface area contributed by atoms with E-state index in [1.165, 1.54) is 23.9 Å². The standard InChI is InChI=1S/C22H19ClF3N3O4/c1-12-4-3-5-15-19(12)27-11-29(21(15)32)9-8-18(30)33-13(2)20(31)28-17-7-6-14(23)10-16(17)22(24,25)26/h3-7,10-11,13H,8-9H2,1-2H3,(H,28,31). The van der Waals surface area contributed by atoms with Crippen LogP contribution >= 0.6 is 11.6 Å². The topological polar surface area (TPSA) is 90.3 Å². The number of rotatable bonds is 6. The predicted octanol–water partition coefficient (Wildman–Crippen LogP) is 4.34. The number of para-hydroxylation sites is 1. The molecular weight excluding hydrogens is 463 g/mol. The molecular formula is C22H19ClF3N3O4. The number of anilines is 1. The van der Waals surface area contributed by atoms with Crippen molar-refractivity contribution in [1.29, 1.82) is 0 Å². The predicted molar refractivity (Wildman–Crippen MR) is 116 cm³/mol. The highest BCUT2D eigenvalue weighted by molar-refractivity contribution is 6.30. The number of ether oxygens (including phenoxy) is 1. The van der Waals surface area contributed by atoms with E-state index in [1.807, 2.05) is 13.0 Å². The smallest absolute Gasteiger partial charge is 0.418 e. The summed E-state index contributed by atoms with van der Waals surface area (Å²) >= 11 is 5.62. The molecule has 0 saturated carbocycles. The zero-order valence-corrected chi connectivity index (χ0v) is 18.3. The number of alkyl halides is 3. The number of halogens is 4. The third-order valence-corrected chi connectivity index (χ3v) is 5.07. The lowest BCUT2D eigenvalue weighted by Crippen LogP contribution is -2.31. The Morgan fingerprint density at radius 1 is 1.24 bits per heavy atom. The van der Waals surface area contributed by atoms with Gasteiger partial charge in [0.15, 0.2) is 6.10 Å². The normalized spacial score (nSPS) is 12.4. The SMILES string of the molecule is Cc1cccc2c(=O)n(CCC(=O)OC(C)C(=O)Nc3ccc(Cl)cc3C(F)(F)F)cnc12. The summed E-state index contributed by atoms with van der Waals surface area (Å²) in [5.74, 6) is -1.75. The average Bonchev–Trinajstić information content (AvgIpc) is 2.74. The van der Waals surface area contributed by atoms with Crippen LogP contribution in [0.1, 0.15) is 24.5 Å². The third-order valence-electron chi connectivity index (χ3n) is 4.83. The van der Waals surface area contributed by atoms with Crippen LogP contribution in [0.3, 0.4) is 0 Å². The summed E-state index contributed by atoms with van der Waals surface area (Å²) < 4.78 is 45.8. The summed E-state index contributed by atoms with van der Waals surface area (Å²) in [7, 11) is 0. The monoisotopic (exact) mass is 481 g/mol. The first-order valence-corrected chi connectivity index (χ1v) is 10.2. The Morgan fingerprint density at radius 2 is 1.97 bits per heavy atom. The molecule has 1 atom stereocenters. The van der Waals surface area contributed by atoms with Gasteiger partial charge in [0.1, 0.15) is 0 Å². The Hall–Kier alpha value is -3.40. The van der Waals surface area contributed by atoms with Crippen molar-refractivity contribution in [3.8, 4) is 0 Å². The largest absolute Gasteiger partial charge is 0.452 e. The zero-order valence-electron chi connectivity index (χ0n) is 17.6. The molecule has 1 heterocycles. The second-order valence-corrected chi connectivity index (χ2v) is 7.71. The summed E-state index contributed by atoms with van der Waals surface area (Å²) in [6.45, 7) is 3.01. The number of nitrogens with zero attached hydrogens (tertiary/aromatic N) is 2. The quantitative estimate of drug-likeness (QED) is 0.529. The van der Waals surface area contributed by atoms with Crippen LogP contribution in [-0.4, -0.2) is 27.5 Å². The molecule has 1 N–H and O–H groups in total. The van der Waals surface area contributed by atoms with Gasteiger partial charge in [0.25, 0.3) is 11.5 Å². The lowest BCUT2D eigenvalue weighted by molar-refractivity contribution is -0.153. The number of fused-ring (bicyclic) bond motifs is 1. The van der Waals surface area contributed by atoms with Gasteiger partial charge >= 0.3 is 12.1 Å². The van der Waals surface area contributed by atoms with Crippen molar-refractivity contribution in [3.63, 3.8) is 0 Å². The minimum atomic E-state index is -4.74. The average molecular weight is 482 g/mol. The van der Waals surface area contributed by atoms with Gasteiger partial charge in [-0.1, -0.05) is 23.7 Å². The molecule has 0 aliphatic rings. The van der Waals surface area contributed by atoms with Gasteiger partial charge in [-0.2, -0.15) is 13.2 Å². The number of nitrogens with one attached hydrogen (secondary N) is 1. The molecule has 174 valence electrons. The molecule has 7 nitrogen and oxygen atoms in total. The van der Waals surface area contributed by atoms with Crippen molar-refractivity contribution in [1.82, 2.24) is 9.55 Å². The number of aryl methyl sites for hydroxylation is 2. The van der Waals surface area contributed by atoms with E-state index in [-0.39, 0.29) is 23.5 Å². The van der Waals surface area contributed by atoms with Crippen molar-refractivity contribution in [2.24, 2.45) is 0 Å². The Bertz CT molecular complexity index is 1270. The summed E-state index contributed by atoms with van der Waals surface area (Å²) in [6.07, 6.45) is -5.04. The van der Waals surface area contributed by atoms with Crippen molar-refractivity contribution in [2.75, 3.05) is 5.32 Å². The molecule has 0 aliphatic heterocycles. The summed E-state index contributed by atoms with van der Waals surface area (Å²) in [4.78, 5) is 41.2. The number of hydrogen-bond donors (Lipinski definition) is 1. The Kier molecular flexibility index (Phi) is 7.06. The van der Waals surface area contributed by atoms with Crippen LogP contribution in [0.15, 0.2) is 47.5 Å². The number of hydrogen-bond acceptors (Lipinski definition) is 5. The highest BCUT2D eigenvalue weighted by Gasteiger charge is 2.34. The first kappa shape index (κ1) is 24.2. The van der Waals surface area contributed by atoms with Crippen LogP contribution in [0.25, 0.3) is 10.9 Å².